The molecule has 2 N–H and O–H groups in total. The average Bonchev–Trinajstić information content (AvgIpc) is 3.07. The van der Waals surface area contributed by atoms with Gasteiger partial charge in [0.1, 0.15) is 6.17 Å². The van der Waals surface area contributed by atoms with Crippen molar-refractivity contribution in [3.05, 3.63) is 35.2 Å². The molecule has 1 aromatic heterocycles. The Morgan fingerprint density at radius 3 is 2.95 bits per heavy atom. The van der Waals surface area contributed by atoms with Crippen LogP contribution in [0.2, 0.25) is 5.02 Å². The fourth-order valence-corrected chi connectivity index (χ4v) is 2.77. The van der Waals surface area contributed by atoms with E-state index in [0.717, 1.165) is 0 Å². The number of rotatable bonds is 4. The molecule has 2 aromatic rings. The Labute approximate surface area is 131 Å². The lowest BCUT2D eigenvalue weighted by Crippen LogP contribution is -2.39. The zero-order valence-corrected chi connectivity index (χ0v) is 12.3. The number of benzene rings is 1. The normalized spacial score (nSPS) is 22.1. The average molecular weight is 325 g/mol. The van der Waals surface area contributed by atoms with Gasteiger partial charge in [-0.05, 0) is 12.1 Å². The molecule has 2 heterocycles. The van der Waals surface area contributed by atoms with Gasteiger partial charge in [-0.3, -0.25) is 9.69 Å². The van der Waals surface area contributed by atoms with Gasteiger partial charge < -0.3 is 10.2 Å². The third-order valence-electron chi connectivity index (χ3n) is 3.59. The highest BCUT2D eigenvalue weighted by Gasteiger charge is 2.36. The number of nitrogens with zero attached hydrogens (tertiary/aromatic N) is 3. The molecule has 2 atom stereocenters. The highest BCUT2D eigenvalue weighted by Crippen LogP contribution is 2.27. The van der Waals surface area contributed by atoms with Crippen LogP contribution in [0.5, 0.6) is 0 Å². The van der Waals surface area contributed by atoms with Crippen LogP contribution in [0, 0.1) is 0 Å². The lowest BCUT2D eigenvalue weighted by Gasteiger charge is -2.18. The van der Waals surface area contributed by atoms with Crippen LogP contribution in [0.15, 0.2) is 28.7 Å². The molecule has 0 bridgehead atoms. The van der Waals surface area contributed by atoms with Gasteiger partial charge in [-0.1, -0.05) is 23.7 Å². The van der Waals surface area contributed by atoms with Gasteiger partial charge in [-0.2, -0.15) is 0 Å². The second kappa shape index (κ2) is 6.02. The zero-order valence-electron chi connectivity index (χ0n) is 11.6. The second-order valence-corrected chi connectivity index (χ2v) is 5.57. The molecule has 1 aromatic carbocycles. The van der Waals surface area contributed by atoms with Crippen molar-refractivity contribution in [2.45, 2.75) is 25.2 Å². The first-order valence-electron chi connectivity index (χ1n) is 6.79. The van der Waals surface area contributed by atoms with Crippen molar-refractivity contribution in [1.82, 2.24) is 15.1 Å². The molecule has 116 valence electrons. The predicted octanol–water partition coefficient (Wildman–Crippen LogP) is 1.79. The molecule has 1 aliphatic heterocycles. The molecule has 3 rings (SSSR count). The molecular weight excluding hydrogens is 311 g/mol. The van der Waals surface area contributed by atoms with Gasteiger partial charge in [0, 0.05) is 13.0 Å². The largest absolute Gasteiger partial charge is 0.419 e. The van der Waals surface area contributed by atoms with Crippen LogP contribution >= 0.6 is 11.6 Å². The summed E-state index contributed by atoms with van der Waals surface area (Å²) in [7, 11) is 0. The molecule has 0 radical (unpaired) electrons. The van der Waals surface area contributed by atoms with Crippen LogP contribution < -0.4 is 5.73 Å². The molecule has 8 heteroatoms. The maximum absolute atomic E-state index is 13.5. The van der Waals surface area contributed by atoms with Gasteiger partial charge in [0.05, 0.1) is 23.2 Å². The number of hydrogen-bond donors (Lipinski definition) is 1. The van der Waals surface area contributed by atoms with E-state index in [0.29, 0.717) is 10.6 Å². The molecule has 1 saturated heterocycles. The Hall–Kier alpha value is -1.99. The Bertz CT molecular complexity index is 693. The van der Waals surface area contributed by atoms with Gasteiger partial charge in [-0.15, -0.1) is 10.2 Å². The summed E-state index contributed by atoms with van der Waals surface area (Å²) in [6.07, 6.45) is -0.982. The van der Waals surface area contributed by atoms with E-state index in [1.807, 2.05) is 6.07 Å². The van der Waals surface area contributed by atoms with Crippen LogP contribution in [-0.4, -0.2) is 39.8 Å². The second-order valence-electron chi connectivity index (χ2n) is 5.16. The van der Waals surface area contributed by atoms with Crippen LogP contribution in [-0.2, 0) is 11.3 Å². The SMILES string of the molecule is NC(=O)[C@@H]1C[C@@H](F)CN1Cc1nnc(-c2ccccc2Cl)o1. The molecule has 0 saturated carbocycles. The number of primary amides is 1. The summed E-state index contributed by atoms with van der Waals surface area (Å²) < 4.78 is 19.0. The van der Waals surface area contributed by atoms with Crippen molar-refractivity contribution in [3.8, 4) is 11.5 Å². The number of aromatic nitrogens is 2. The highest BCUT2D eigenvalue weighted by molar-refractivity contribution is 6.33. The van der Waals surface area contributed by atoms with E-state index in [4.69, 9.17) is 21.8 Å². The number of halogens is 2. The van der Waals surface area contributed by atoms with E-state index in [-0.39, 0.29) is 31.3 Å². The van der Waals surface area contributed by atoms with Crippen molar-refractivity contribution in [1.29, 1.82) is 0 Å². The molecule has 0 unspecified atom stereocenters. The fraction of sp³-hybridized carbons (Fsp3) is 0.357. The third kappa shape index (κ3) is 2.95. The summed E-state index contributed by atoms with van der Waals surface area (Å²) in [5.74, 6) is 0.0217. The number of alkyl halides is 1. The van der Waals surface area contributed by atoms with E-state index in [1.54, 1.807) is 23.1 Å². The monoisotopic (exact) mass is 324 g/mol. The molecule has 1 fully saturated rings. The minimum absolute atomic E-state index is 0.0981. The summed E-state index contributed by atoms with van der Waals surface area (Å²) in [5.41, 5.74) is 5.91. The van der Waals surface area contributed by atoms with Crippen molar-refractivity contribution in [2.24, 2.45) is 5.73 Å². The van der Waals surface area contributed by atoms with Crippen LogP contribution in [0.3, 0.4) is 0 Å². The number of amides is 1. The van der Waals surface area contributed by atoms with Gasteiger partial charge in [0.15, 0.2) is 0 Å². The summed E-state index contributed by atoms with van der Waals surface area (Å²) in [5, 5.41) is 8.36. The number of carbonyl (C=O) groups is 1. The van der Waals surface area contributed by atoms with Crippen molar-refractivity contribution >= 4 is 17.5 Å². The van der Waals surface area contributed by atoms with Crippen molar-refractivity contribution in [3.63, 3.8) is 0 Å². The Kier molecular flexibility index (Phi) is 4.08. The maximum Gasteiger partial charge on any atom is 0.249 e. The number of carbonyl (C=O) groups excluding carboxylic acids is 1. The van der Waals surface area contributed by atoms with E-state index in [2.05, 4.69) is 10.2 Å². The minimum Gasteiger partial charge on any atom is -0.419 e. The summed E-state index contributed by atoms with van der Waals surface area (Å²) >= 11 is 6.07. The minimum atomic E-state index is -1.08. The number of nitrogens with two attached hydrogens (primary N) is 1. The Morgan fingerprint density at radius 2 is 2.23 bits per heavy atom. The molecular formula is C14H14ClFN4O2. The standard InChI is InChI=1S/C14H14ClFN4O2/c15-10-4-2-1-3-9(10)14-19-18-12(22-14)7-20-6-8(16)5-11(20)13(17)21/h1-4,8,11H,5-7H2,(H2,17,21)/t8-,11+/m1/s1. The molecule has 0 aliphatic carbocycles. The molecule has 1 aliphatic rings. The van der Waals surface area contributed by atoms with Gasteiger partial charge >= 0.3 is 0 Å². The van der Waals surface area contributed by atoms with Crippen molar-refractivity contribution in [2.75, 3.05) is 6.54 Å². The van der Waals surface area contributed by atoms with Gasteiger partial charge in [0.25, 0.3) is 0 Å². The lowest BCUT2D eigenvalue weighted by molar-refractivity contribution is -0.122. The van der Waals surface area contributed by atoms with Crippen molar-refractivity contribution < 1.29 is 13.6 Å². The van der Waals surface area contributed by atoms with E-state index >= 15 is 0 Å². The lowest BCUT2D eigenvalue weighted by atomic mass is 10.2. The molecule has 0 spiro atoms. The summed E-state index contributed by atoms with van der Waals surface area (Å²) in [6, 6.07) is 6.44. The topological polar surface area (TPSA) is 85.3 Å². The van der Waals surface area contributed by atoms with E-state index in [9.17, 15) is 9.18 Å². The maximum atomic E-state index is 13.5. The van der Waals surface area contributed by atoms with E-state index in [1.165, 1.54) is 0 Å². The Morgan fingerprint density at radius 1 is 1.45 bits per heavy atom. The summed E-state index contributed by atoms with van der Waals surface area (Å²) in [6.45, 7) is 0.295. The van der Waals surface area contributed by atoms with Gasteiger partial charge in [-0.25, -0.2) is 4.39 Å². The van der Waals surface area contributed by atoms with E-state index < -0.39 is 18.1 Å². The number of likely N-dealkylation sites (tertiary alicyclic amines) is 1. The van der Waals surface area contributed by atoms with Crippen LogP contribution in [0.4, 0.5) is 4.39 Å². The third-order valence-corrected chi connectivity index (χ3v) is 3.92. The zero-order chi connectivity index (χ0) is 15.7. The molecule has 6 nitrogen and oxygen atoms in total. The Balaban J connectivity index is 1.77. The highest BCUT2D eigenvalue weighted by atomic mass is 35.5. The fourth-order valence-electron chi connectivity index (χ4n) is 2.55. The number of hydrogen-bond acceptors (Lipinski definition) is 5. The first-order valence-corrected chi connectivity index (χ1v) is 7.17. The first kappa shape index (κ1) is 14.9. The molecule has 1 amide bonds. The molecule has 22 heavy (non-hydrogen) atoms. The van der Waals surface area contributed by atoms with Crippen LogP contribution in [0.25, 0.3) is 11.5 Å². The predicted molar refractivity (Wildman–Crippen MR) is 77.6 cm³/mol. The quantitative estimate of drug-likeness (QED) is 0.926. The smallest absolute Gasteiger partial charge is 0.249 e. The van der Waals surface area contributed by atoms with Gasteiger partial charge in [0.2, 0.25) is 17.7 Å². The summed E-state index contributed by atoms with van der Waals surface area (Å²) in [4.78, 5) is 13.0. The first-order chi connectivity index (χ1) is 10.5. The van der Waals surface area contributed by atoms with Crippen LogP contribution in [0.1, 0.15) is 12.3 Å².